The van der Waals surface area contributed by atoms with Crippen molar-refractivity contribution in [2.45, 2.75) is 19.8 Å². The topological polar surface area (TPSA) is 117 Å². The molecule has 126 valence electrons. The Labute approximate surface area is 141 Å². The van der Waals surface area contributed by atoms with E-state index in [0.29, 0.717) is 16.8 Å². The number of hydrogen-bond donors (Lipinski definition) is 2. The minimum atomic E-state index is -0.875. The molecule has 0 aliphatic heterocycles. The molecule has 0 bridgehead atoms. The smallest absolute Gasteiger partial charge is 0.278 e. The van der Waals surface area contributed by atoms with E-state index >= 15 is 0 Å². The van der Waals surface area contributed by atoms with E-state index in [-0.39, 0.29) is 28.3 Å². The molecule has 25 heavy (non-hydrogen) atoms. The van der Waals surface area contributed by atoms with Crippen molar-refractivity contribution in [1.29, 1.82) is 5.26 Å². The Kier molecular flexibility index (Phi) is 3.85. The van der Waals surface area contributed by atoms with Gasteiger partial charge in [0.2, 0.25) is 0 Å². The van der Waals surface area contributed by atoms with Gasteiger partial charge in [-0.15, -0.1) is 0 Å². The highest BCUT2D eigenvalue weighted by atomic mass is 19.1. The first-order valence-corrected chi connectivity index (χ1v) is 7.49. The number of nitriles is 1. The molecule has 0 saturated heterocycles. The Bertz CT molecular complexity index is 1100. The molecular weight excluding hydrogens is 325 g/mol. The first-order chi connectivity index (χ1) is 11.8. The fourth-order valence-corrected chi connectivity index (χ4v) is 2.75. The molecule has 0 unspecified atom stereocenters. The van der Waals surface area contributed by atoms with E-state index in [1.807, 2.05) is 19.9 Å². The fourth-order valence-electron chi connectivity index (χ4n) is 2.75. The van der Waals surface area contributed by atoms with E-state index in [1.54, 1.807) is 0 Å². The van der Waals surface area contributed by atoms with Crippen LogP contribution in [0.25, 0.3) is 16.9 Å². The van der Waals surface area contributed by atoms with Crippen LogP contribution in [0.3, 0.4) is 0 Å². The molecule has 2 aromatic heterocycles. The molecule has 0 atom stereocenters. The van der Waals surface area contributed by atoms with Gasteiger partial charge >= 0.3 is 0 Å². The Morgan fingerprint density at radius 1 is 1.44 bits per heavy atom. The second kappa shape index (κ2) is 5.87. The zero-order valence-corrected chi connectivity index (χ0v) is 13.5. The number of fused-ring (bicyclic) bond motifs is 1. The van der Waals surface area contributed by atoms with Crippen molar-refractivity contribution in [2.75, 3.05) is 0 Å². The first kappa shape index (κ1) is 16.4. The van der Waals surface area contributed by atoms with Crippen molar-refractivity contribution in [3.05, 3.63) is 57.3 Å². The highest BCUT2D eigenvalue weighted by molar-refractivity contribution is 5.93. The van der Waals surface area contributed by atoms with Crippen molar-refractivity contribution in [3.63, 3.8) is 0 Å². The van der Waals surface area contributed by atoms with Gasteiger partial charge in [0.1, 0.15) is 17.4 Å². The molecule has 7 nitrogen and oxygen atoms in total. The summed E-state index contributed by atoms with van der Waals surface area (Å²) in [6.07, 6.45) is 1.29. The number of carbonyl (C=O) groups excluding carboxylic acids is 1. The highest BCUT2D eigenvalue weighted by Crippen LogP contribution is 2.27. The van der Waals surface area contributed by atoms with Crippen LogP contribution in [-0.2, 0) is 0 Å². The molecule has 0 aliphatic rings. The summed E-state index contributed by atoms with van der Waals surface area (Å²) < 4.78 is 15.3. The van der Waals surface area contributed by atoms with Gasteiger partial charge in [-0.2, -0.15) is 14.9 Å². The van der Waals surface area contributed by atoms with Crippen molar-refractivity contribution in [2.24, 2.45) is 5.73 Å². The van der Waals surface area contributed by atoms with Crippen LogP contribution in [0, 0.1) is 17.1 Å². The minimum absolute atomic E-state index is 0.184. The van der Waals surface area contributed by atoms with Crippen molar-refractivity contribution in [3.8, 4) is 17.3 Å². The Morgan fingerprint density at radius 3 is 2.72 bits per heavy atom. The van der Waals surface area contributed by atoms with Crippen LogP contribution in [-0.4, -0.2) is 20.5 Å². The summed E-state index contributed by atoms with van der Waals surface area (Å²) in [6, 6.07) is 5.85. The van der Waals surface area contributed by atoms with Gasteiger partial charge in [0.25, 0.3) is 11.5 Å². The van der Waals surface area contributed by atoms with Crippen LogP contribution in [0.5, 0.6) is 0 Å². The van der Waals surface area contributed by atoms with Crippen molar-refractivity contribution < 1.29 is 9.18 Å². The number of amides is 1. The van der Waals surface area contributed by atoms with Crippen LogP contribution in [0.1, 0.15) is 41.3 Å². The predicted octanol–water partition coefficient (Wildman–Crippen LogP) is 1.92. The Morgan fingerprint density at radius 2 is 2.16 bits per heavy atom. The van der Waals surface area contributed by atoms with Gasteiger partial charge in [-0.25, -0.2) is 4.39 Å². The molecule has 3 N–H and O–H groups in total. The average molecular weight is 339 g/mol. The van der Waals surface area contributed by atoms with Crippen molar-refractivity contribution in [1.82, 2.24) is 14.6 Å². The molecule has 0 saturated carbocycles. The summed E-state index contributed by atoms with van der Waals surface area (Å²) in [6.45, 7) is 3.64. The molecule has 3 aromatic rings. The van der Waals surface area contributed by atoms with Gasteiger partial charge in [0.15, 0.2) is 5.65 Å². The molecule has 8 heteroatoms. The monoisotopic (exact) mass is 339 g/mol. The average Bonchev–Trinajstić information content (AvgIpc) is 2.97. The molecule has 0 aliphatic carbocycles. The summed E-state index contributed by atoms with van der Waals surface area (Å²) in [5.41, 5.74) is 6.06. The number of aromatic nitrogens is 3. The predicted molar refractivity (Wildman–Crippen MR) is 88.5 cm³/mol. The van der Waals surface area contributed by atoms with Gasteiger partial charge in [-0.1, -0.05) is 19.9 Å². The van der Waals surface area contributed by atoms with Crippen LogP contribution in [0.2, 0.25) is 0 Å². The SMILES string of the molecule is CC(C)c1c(-c2ccc(C(N)=O)c(F)c2)[nH]c2c(C#N)cnn2c1=O. The number of carbonyl (C=O) groups is 1. The third-order valence-corrected chi connectivity index (χ3v) is 3.93. The van der Waals surface area contributed by atoms with E-state index in [9.17, 15) is 14.0 Å². The molecule has 0 radical (unpaired) electrons. The van der Waals surface area contributed by atoms with E-state index < -0.39 is 11.7 Å². The van der Waals surface area contributed by atoms with Crippen LogP contribution < -0.4 is 11.3 Å². The van der Waals surface area contributed by atoms with Crippen molar-refractivity contribution >= 4 is 11.6 Å². The lowest BCUT2D eigenvalue weighted by Gasteiger charge is -2.13. The number of aromatic amines is 1. The van der Waals surface area contributed by atoms with E-state index in [1.165, 1.54) is 18.3 Å². The quantitative estimate of drug-likeness (QED) is 0.758. The summed E-state index contributed by atoms with van der Waals surface area (Å²) in [5, 5.41) is 13.1. The number of nitrogens with zero attached hydrogens (tertiary/aromatic N) is 3. The van der Waals surface area contributed by atoms with Gasteiger partial charge in [-0.3, -0.25) is 9.59 Å². The summed E-state index contributed by atoms with van der Waals surface area (Å²) >= 11 is 0. The molecule has 0 spiro atoms. The second-order valence-electron chi connectivity index (χ2n) is 5.86. The van der Waals surface area contributed by atoms with Crippen LogP contribution in [0.4, 0.5) is 4.39 Å². The molecule has 1 amide bonds. The lowest BCUT2D eigenvalue weighted by Crippen LogP contribution is -2.22. The molecule has 3 rings (SSSR count). The third kappa shape index (κ3) is 2.55. The van der Waals surface area contributed by atoms with Crippen LogP contribution in [0.15, 0.2) is 29.2 Å². The fraction of sp³-hybridized carbons (Fsp3) is 0.176. The van der Waals surface area contributed by atoms with Gasteiger partial charge in [0.05, 0.1) is 17.5 Å². The zero-order valence-electron chi connectivity index (χ0n) is 13.5. The number of benzene rings is 1. The number of nitrogens with two attached hydrogens (primary N) is 1. The van der Waals surface area contributed by atoms with Gasteiger partial charge in [0, 0.05) is 11.1 Å². The number of H-pyrrole nitrogens is 1. The number of nitrogens with one attached hydrogen (secondary N) is 1. The Hall–Kier alpha value is -3.47. The maximum atomic E-state index is 14.2. The number of rotatable bonds is 3. The van der Waals surface area contributed by atoms with E-state index in [0.717, 1.165) is 10.6 Å². The third-order valence-electron chi connectivity index (χ3n) is 3.93. The van der Waals surface area contributed by atoms with E-state index in [4.69, 9.17) is 11.0 Å². The lowest BCUT2D eigenvalue weighted by atomic mass is 9.97. The number of halogens is 1. The summed E-state index contributed by atoms with van der Waals surface area (Å²) in [7, 11) is 0. The standard InChI is InChI=1S/C17H14FN5O2/c1-8(2)13-14(9-3-4-11(15(20)24)12(18)5-9)22-16-10(6-19)7-21-23(16)17(13)25/h3-5,7-8,22H,1-2H3,(H2,20,24). The molecular formula is C17H14FN5O2. The normalized spacial score (nSPS) is 11.0. The van der Waals surface area contributed by atoms with Gasteiger partial charge < -0.3 is 10.7 Å². The van der Waals surface area contributed by atoms with Crippen LogP contribution >= 0.6 is 0 Å². The lowest BCUT2D eigenvalue weighted by molar-refractivity contribution is 0.0996. The molecule has 0 fully saturated rings. The highest BCUT2D eigenvalue weighted by Gasteiger charge is 2.20. The summed E-state index contributed by atoms with van der Waals surface area (Å²) in [5.74, 6) is -1.84. The number of primary amides is 1. The summed E-state index contributed by atoms with van der Waals surface area (Å²) in [4.78, 5) is 27.0. The first-order valence-electron chi connectivity index (χ1n) is 7.49. The molecule has 1 aromatic carbocycles. The second-order valence-corrected chi connectivity index (χ2v) is 5.86. The largest absolute Gasteiger partial charge is 0.366 e. The molecule has 2 heterocycles. The van der Waals surface area contributed by atoms with Gasteiger partial charge in [-0.05, 0) is 18.1 Å². The maximum Gasteiger partial charge on any atom is 0.278 e. The maximum absolute atomic E-state index is 14.2. The van der Waals surface area contributed by atoms with E-state index in [2.05, 4.69) is 10.1 Å². The zero-order chi connectivity index (χ0) is 18.3. The Balaban J connectivity index is 2.37. The number of hydrogen-bond acceptors (Lipinski definition) is 4. The minimum Gasteiger partial charge on any atom is -0.366 e.